The molecule has 0 aliphatic heterocycles. The van der Waals surface area contributed by atoms with E-state index >= 15 is 0 Å². The second-order valence-electron chi connectivity index (χ2n) is 6.45. The summed E-state index contributed by atoms with van der Waals surface area (Å²) in [4.78, 5) is 22.2. The van der Waals surface area contributed by atoms with Gasteiger partial charge in [-0.1, -0.05) is 44.2 Å². The smallest absolute Gasteiger partial charge is 0.310 e. The van der Waals surface area contributed by atoms with Gasteiger partial charge in [-0.2, -0.15) is 0 Å². The first-order valence-electron chi connectivity index (χ1n) is 8.96. The number of aryl methyl sites for hydroxylation is 1. The average molecular weight is 384 g/mol. The standard InChI is InChI=1S/C19H29O6P/c1-15(2)19(22)25-13-7-12-24-18(26(23)14-17(20)21)11-6-10-16-8-4-3-5-9-16/h3-5,8-9,15,18,26H,6-7,10-14H2,1-2H3,(H,20,21). The molecular weight excluding hydrogens is 355 g/mol. The van der Waals surface area contributed by atoms with Gasteiger partial charge in [-0.25, -0.2) is 0 Å². The summed E-state index contributed by atoms with van der Waals surface area (Å²) >= 11 is 0. The van der Waals surface area contributed by atoms with Crippen LogP contribution in [0.4, 0.5) is 0 Å². The zero-order valence-corrected chi connectivity index (χ0v) is 16.5. The molecule has 7 heteroatoms. The van der Waals surface area contributed by atoms with Crippen molar-refractivity contribution < 1.29 is 28.7 Å². The molecule has 0 bridgehead atoms. The van der Waals surface area contributed by atoms with Gasteiger partial charge in [-0.3, -0.25) is 9.59 Å². The summed E-state index contributed by atoms with van der Waals surface area (Å²) < 4.78 is 23.0. The fourth-order valence-electron chi connectivity index (χ4n) is 2.36. The van der Waals surface area contributed by atoms with E-state index in [-0.39, 0.29) is 31.3 Å². The molecule has 146 valence electrons. The van der Waals surface area contributed by atoms with E-state index in [0.29, 0.717) is 12.8 Å². The van der Waals surface area contributed by atoms with Gasteiger partial charge in [-0.05, 0) is 24.8 Å². The molecule has 0 spiro atoms. The molecule has 0 saturated heterocycles. The van der Waals surface area contributed by atoms with Crippen molar-refractivity contribution in [2.75, 3.05) is 19.4 Å². The van der Waals surface area contributed by atoms with E-state index in [9.17, 15) is 14.2 Å². The van der Waals surface area contributed by atoms with Gasteiger partial charge in [-0.15, -0.1) is 0 Å². The highest BCUT2D eigenvalue weighted by Crippen LogP contribution is 2.32. The number of carboxylic acids is 1. The largest absolute Gasteiger partial charge is 0.481 e. The zero-order chi connectivity index (χ0) is 19.4. The molecule has 2 atom stereocenters. The Hall–Kier alpha value is -1.65. The van der Waals surface area contributed by atoms with Crippen LogP contribution in [0.1, 0.15) is 38.7 Å². The molecule has 6 nitrogen and oxygen atoms in total. The van der Waals surface area contributed by atoms with Gasteiger partial charge in [0.2, 0.25) is 0 Å². The van der Waals surface area contributed by atoms with Crippen molar-refractivity contribution in [3.63, 3.8) is 0 Å². The molecule has 0 amide bonds. The van der Waals surface area contributed by atoms with Gasteiger partial charge in [0.15, 0.2) is 0 Å². The van der Waals surface area contributed by atoms with Crippen LogP contribution < -0.4 is 0 Å². The Kier molecular flexibility index (Phi) is 10.9. The van der Waals surface area contributed by atoms with E-state index < -0.39 is 19.6 Å². The van der Waals surface area contributed by atoms with Gasteiger partial charge >= 0.3 is 11.9 Å². The minimum atomic E-state index is -2.38. The Labute approximate surface area is 155 Å². The quantitative estimate of drug-likeness (QED) is 0.318. The zero-order valence-electron chi connectivity index (χ0n) is 15.5. The molecule has 1 N–H and O–H groups in total. The van der Waals surface area contributed by atoms with E-state index in [0.717, 1.165) is 12.8 Å². The van der Waals surface area contributed by atoms with E-state index in [1.165, 1.54) is 5.56 Å². The predicted molar refractivity (Wildman–Crippen MR) is 101 cm³/mol. The Balaban J connectivity index is 2.39. The van der Waals surface area contributed by atoms with Crippen LogP contribution in [0.2, 0.25) is 0 Å². The van der Waals surface area contributed by atoms with Crippen LogP contribution in [0.3, 0.4) is 0 Å². The first-order chi connectivity index (χ1) is 12.4. The Morgan fingerprint density at radius 1 is 1.12 bits per heavy atom. The first kappa shape index (κ1) is 22.4. The maximum Gasteiger partial charge on any atom is 0.310 e. The third-order valence-corrected chi connectivity index (χ3v) is 5.61. The molecule has 0 aliphatic carbocycles. The molecule has 0 radical (unpaired) electrons. The van der Waals surface area contributed by atoms with E-state index in [4.69, 9.17) is 14.6 Å². The number of esters is 1. The number of carbonyl (C=O) groups is 2. The molecular formula is C19H29O6P. The normalized spacial score (nSPS) is 13.3. The fourth-order valence-corrected chi connectivity index (χ4v) is 3.72. The van der Waals surface area contributed by atoms with Crippen molar-refractivity contribution in [2.24, 2.45) is 5.92 Å². The molecule has 0 fully saturated rings. The highest BCUT2D eigenvalue weighted by atomic mass is 31.1. The number of ether oxygens (including phenoxy) is 2. The minimum absolute atomic E-state index is 0.173. The van der Waals surface area contributed by atoms with Crippen LogP contribution in [0.15, 0.2) is 30.3 Å². The SMILES string of the molecule is CC(C)C(=O)OCCCOC(CCCc1ccccc1)[PH](=O)CC(=O)O. The van der Waals surface area contributed by atoms with Gasteiger partial charge in [0.1, 0.15) is 13.6 Å². The van der Waals surface area contributed by atoms with Gasteiger partial charge in [0.05, 0.1) is 25.3 Å². The lowest BCUT2D eigenvalue weighted by Gasteiger charge is -2.17. The highest BCUT2D eigenvalue weighted by molar-refractivity contribution is 7.46. The van der Waals surface area contributed by atoms with E-state index in [1.54, 1.807) is 13.8 Å². The van der Waals surface area contributed by atoms with Crippen LogP contribution in [-0.2, 0) is 30.0 Å². The Morgan fingerprint density at radius 3 is 2.42 bits per heavy atom. The number of hydrogen-bond donors (Lipinski definition) is 1. The molecule has 26 heavy (non-hydrogen) atoms. The summed E-state index contributed by atoms with van der Waals surface area (Å²) in [5, 5.41) is 8.87. The monoisotopic (exact) mass is 384 g/mol. The third kappa shape index (κ3) is 9.73. The molecule has 0 heterocycles. The molecule has 0 saturated carbocycles. The predicted octanol–water partition coefficient (Wildman–Crippen LogP) is 3.59. The number of carbonyl (C=O) groups excluding carboxylic acids is 1. The van der Waals surface area contributed by atoms with Gasteiger partial charge in [0.25, 0.3) is 0 Å². The number of aliphatic carboxylic acids is 1. The summed E-state index contributed by atoms with van der Waals surface area (Å²) in [6.07, 6.45) is 2.28. The van der Waals surface area contributed by atoms with Crippen molar-refractivity contribution in [2.45, 2.75) is 45.4 Å². The van der Waals surface area contributed by atoms with Crippen LogP contribution in [0.5, 0.6) is 0 Å². The summed E-state index contributed by atoms with van der Waals surface area (Å²) in [6, 6.07) is 9.94. The van der Waals surface area contributed by atoms with Crippen molar-refractivity contribution in [3.8, 4) is 0 Å². The maximum absolute atomic E-state index is 12.3. The first-order valence-corrected chi connectivity index (χ1v) is 10.7. The Bertz CT molecular complexity index is 573. The lowest BCUT2D eigenvalue weighted by Crippen LogP contribution is -2.16. The van der Waals surface area contributed by atoms with E-state index in [2.05, 4.69) is 0 Å². The van der Waals surface area contributed by atoms with Crippen molar-refractivity contribution in [1.82, 2.24) is 0 Å². The van der Waals surface area contributed by atoms with E-state index in [1.807, 2.05) is 30.3 Å². The number of hydrogen-bond acceptors (Lipinski definition) is 5. The van der Waals surface area contributed by atoms with Crippen LogP contribution in [-0.4, -0.2) is 42.3 Å². The topological polar surface area (TPSA) is 89.9 Å². The minimum Gasteiger partial charge on any atom is -0.481 e. The lowest BCUT2D eigenvalue weighted by molar-refractivity contribution is -0.147. The van der Waals surface area contributed by atoms with Gasteiger partial charge in [0, 0.05) is 6.42 Å². The summed E-state index contributed by atoms with van der Waals surface area (Å²) in [5.74, 6) is -2.06. The van der Waals surface area contributed by atoms with Crippen LogP contribution in [0.25, 0.3) is 0 Å². The Morgan fingerprint density at radius 2 is 1.81 bits per heavy atom. The van der Waals surface area contributed by atoms with Crippen LogP contribution >= 0.6 is 7.80 Å². The van der Waals surface area contributed by atoms with Crippen molar-refractivity contribution in [3.05, 3.63) is 35.9 Å². The van der Waals surface area contributed by atoms with Gasteiger partial charge < -0.3 is 19.1 Å². The summed E-state index contributed by atoms with van der Waals surface area (Å²) in [7, 11) is -2.38. The van der Waals surface area contributed by atoms with Crippen LogP contribution in [0, 0.1) is 5.92 Å². The van der Waals surface area contributed by atoms with Crippen molar-refractivity contribution >= 4 is 19.7 Å². The second kappa shape index (κ2) is 12.7. The molecule has 1 aromatic rings. The second-order valence-corrected chi connectivity index (χ2v) is 8.38. The number of carboxylic acid groups (broad SMARTS) is 1. The fraction of sp³-hybridized carbons (Fsp3) is 0.579. The number of rotatable bonds is 13. The summed E-state index contributed by atoms with van der Waals surface area (Å²) in [5.41, 5.74) is 1.18. The molecule has 1 aromatic carbocycles. The number of benzene rings is 1. The average Bonchev–Trinajstić information content (AvgIpc) is 2.59. The third-order valence-electron chi connectivity index (χ3n) is 3.78. The maximum atomic E-state index is 12.3. The lowest BCUT2D eigenvalue weighted by atomic mass is 10.1. The van der Waals surface area contributed by atoms with Crippen molar-refractivity contribution in [1.29, 1.82) is 0 Å². The molecule has 1 rings (SSSR count). The summed E-state index contributed by atoms with van der Waals surface area (Å²) in [6.45, 7) is 4.06. The highest BCUT2D eigenvalue weighted by Gasteiger charge is 2.19. The molecule has 2 unspecified atom stereocenters. The molecule has 0 aromatic heterocycles. The molecule has 0 aliphatic rings.